The first kappa shape index (κ1) is 28.3. The van der Waals surface area contributed by atoms with Gasteiger partial charge in [-0.1, -0.05) is 55.5 Å². The quantitative estimate of drug-likeness (QED) is 0.242. The van der Waals surface area contributed by atoms with Crippen LogP contribution in [0.2, 0.25) is 0 Å². The van der Waals surface area contributed by atoms with E-state index >= 15 is 0 Å². The number of carbonyl (C=O) groups excluding carboxylic acids is 1. The van der Waals surface area contributed by atoms with Gasteiger partial charge in [-0.25, -0.2) is 4.57 Å². The van der Waals surface area contributed by atoms with Gasteiger partial charge >= 0.3 is 13.7 Å². The topological polar surface area (TPSA) is 138 Å². The Morgan fingerprint density at radius 3 is 2.36 bits per heavy atom. The molecule has 1 saturated heterocycles. The molecule has 6 unspecified atom stereocenters. The number of nitrogens with zero attached hydrogens (tertiary/aromatic N) is 1. The van der Waals surface area contributed by atoms with Gasteiger partial charge in [0.25, 0.3) is 0 Å². The Labute approximate surface area is 211 Å². The van der Waals surface area contributed by atoms with Crippen molar-refractivity contribution in [3.63, 3.8) is 0 Å². The van der Waals surface area contributed by atoms with Crippen molar-refractivity contribution in [3.8, 4) is 5.75 Å². The highest BCUT2D eigenvalue weighted by molar-refractivity contribution is 7.52. The molecule has 0 aromatic heterocycles. The Morgan fingerprint density at radius 2 is 1.72 bits per heavy atom. The van der Waals surface area contributed by atoms with Crippen molar-refractivity contribution in [3.05, 3.63) is 66.2 Å². The summed E-state index contributed by atoms with van der Waals surface area (Å²) in [5.41, 5.74) is 0.807. The summed E-state index contributed by atoms with van der Waals surface area (Å²) in [7, 11) is -4.15. The molecule has 1 fully saturated rings. The summed E-state index contributed by atoms with van der Waals surface area (Å²) in [6.07, 6.45) is -3.10. The second-order valence-corrected chi connectivity index (χ2v) is 10.4. The van der Waals surface area contributed by atoms with Gasteiger partial charge in [0.15, 0.2) is 0 Å². The number of hydrogen-bond donors (Lipinski definition) is 4. The van der Waals surface area contributed by atoms with Gasteiger partial charge in [-0.05, 0) is 37.6 Å². The van der Waals surface area contributed by atoms with Crippen LogP contribution in [-0.4, -0.2) is 76.3 Å². The molecule has 1 heterocycles. The van der Waals surface area contributed by atoms with Gasteiger partial charge in [0.2, 0.25) is 0 Å². The number of piperidine rings is 1. The predicted molar refractivity (Wildman–Crippen MR) is 133 cm³/mol. The molecule has 0 radical (unpaired) electrons. The van der Waals surface area contributed by atoms with Crippen LogP contribution in [0, 0.1) is 0 Å². The lowest BCUT2D eigenvalue weighted by Gasteiger charge is -2.43. The van der Waals surface area contributed by atoms with Gasteiger partial charge in [-0.3, -0.25) is 14.2 Å². The zero-order valence-electron chi connectivity index (χ0n) is 20.5. The Morgan fingerprint density at radius 1 is 1.08 bits per heavy atom. The SMILES string of the molecule is CCCN1CC(O)C(O)C(O)C1COP(=O)(NC(C)C(=O)OCc1ccccc1)Oc1ccccc1. The second-order valence-electron chi connectivity index (χ2n) is 8.75. The van der Waals surface area contributed by atoms with Crippen LogP contribution in [0.4, 0.5) is 0 Å². The first-order valence-electron chi connectivity index (χ1n) is 12.0. The van der Waals surface area contributed by atoms with Crippen LogP contribution in [0.1, 0.15) is 25.8 Å². The summed E-state index contributed by atoms with van der Waals surface area (Å²) in [5, 5.41) is 33.4. The molecule has 11 heteroatoms. The van der Waals surface area contributed by atoms with Crippen molar-refractivity contribution in [1.82, 2.24) is 9.99 Å². The van der Waals surface area contributed by atoms with Crippen molar-refractivity contribution >= 4 is 13.7 Å². The average Bonchev–Trinajstić information content (AvgIpc) is 2.87. The van der Waals surface area contributed by atoms with E-state index in [0.717, 1.165) is 12.0 Å². The minimum atomic E-state index is -4.15. The average molecular weight is 523 g/mol. The third-order valence-electron chi connectivity index (χ3n) is 5.85. The highest BCUT2D eigenvalue weighted by Gasteiger charge is 2.43. The lowest BCUT2D eigenvalue weighted by molar-refractivity contribution is -0.147. The van der Waals surface area contributed by atoms with Gasteiger partial charge in [-0.15, -0.1) is 0 Å². The number of aliphatic hydroxyl groups is 3. The van der Waals surface area contributed by atoms with Crippen LogP contribution in [0.5, 0.6) is 5.75 Å². The summed E-state index contributed by atoms with van der Waals surface area (Å²) in [5.74, 6) is -0.397. The molecule has 1 aliphatic rings. The van der Waals surface area contributed by atoms with E-state index in [1.54, 1.807) is 35.2 Å². The number of hydrogen-bond acceptors (Lipinski definition) is 9. The highest BCUT2D eigenvalue weighted by atomic mass is 31.2. The molecule has 0 amide bonds. The van der Waals surface area contributed by atoms with Gasteiger partial charge in [0, 0.05) is 6.54 Å². The van der Waals surface area contributed by atoms with E-state index < -0.39 is 44.1 Å². The second kappa shape index (κ2) is 13.3. The Bertz CT molecular complexity index is 996. The molecule has 10 nitrogen and oxygen atoms in total. The number of likely N-dealkylation sites (tertiary alicyclic amines) is 1. The fraction of sp³-hybridized carbons (Fsp3) is 0.480. The third kappa shape index (κ3) is 7.85. The maximum absolute atomic E-state index is 13.8. The molecule has 0 bridgehead atoms. The van der Waals surface area contributed by atoms with Crippen LogP contribution >= 0.6 is 7.75 Å². The fourth-order valence-electron chi connectivity index (χ4n) is 3.93. The molecule has 2 aromatic rings. The van der Waals surface area contributed by atoms with Gasteiger partial charge in [0.1, 0.15) is 30.6 Å². The van der Waals surface area contributed by atoms with E-state index in [2.05, 4.69) is 5.09 Å². The molecule has 198 valence electrons. The monoisotopic (exact) mass is 522 g/mol. The predicted octanol–water partition coefficient (Wildman–Crippen LogP) is 2.09. The van der Waals surface area contributed by atoms with Crippen LogP contribution in [0.15, 0.2) is 60.7 Å². The standard InChI is InChI=1S/C25H35N2O8P/c1-3-14-27-15-22(28)24(30)23(29)21(27)17-34-36(32,35-20-12-8-5-9-13-20)26-18(2)25(31)33-16-19-10-6-4-7-11-19/h4-13,18,21-24,28-30H,3,14-17H2,1-2H3,(H,26,32). The van der Waals surface area contributed by atoms with Crippen molar-refractivity contribution in [1.29, 1.82) is 0 Å². The lowest BCUT2D eigenvalue weighted by atomic mass is 9.94. The lowest BCUT2D eigenvalue weighted by Crippen LogP contribution is -2.62. The smallest absolute Gasteiger partial charge is 0.459 e. The van der Waals surface area contributed by atoms with E-state index in [1.165, 1.54) is 6.92 Å². The zero-order valence-corrected chi connectivity index (χ0v) is 21.4. The summed E-state index contributed by atoms with van der Waals surface area (Å²) in [4.78, 5) is 14.4. The van der Waals surface area contributed by atoms with E-state index in [9.17, 15) is 24.7 Å². The van der Waals surface area contributed by atoms with Crippen molar-refractivity contribution in [2.45, 2.75) is 57.3 Å². The Kier molecular flexibility index (Phi) is 10.4. The van der Waals surface area contributed by atoms with E-state index in [-0.39, 0.29) is 25.5 Å². The molecule has 4 N–H and O–H groups in total. The number of rotatable bonds is 12. The maximum Gasteiger partial charge on any atom is 0.459 e. The summed E-state index contributed by atoms with van der Waals surface area (Å²) >= 11 is 0. The van der Waals surface area contributed by atoms with Crippen molar-refractivity contribution < 1.29 is 38.5 Å². The summed E-state index contributed by atoms with van der Waals surface area (Å²) in [6, 6.07) is 15.7. The summed E-state index contributed by atoms with van der Waals surface area (Å²) in [6.45, 7) is 3.84. The largest absolute Gasteiger partial charge is 0.460 e. The summed E-state index contributed by atoms with van der Waals surface area (Å²) < 4.78 is 30.5. The van der Waals surface area contributed by atoms with Crippen LogP contribution in [0.3, 0.4) is 0 Å². The van der Waals surface area contributed by atoms with E-state index in [1.807, 2.05) is 37.3 Å². The molecule has 0 spiro atoms. The molecule has 0 aliphatic carbocycles. The zero-order chi connectivity index (χ0) is 26.1. The molecule has 2 aromatic carbocycles. The maximum atomic E-state index is 13.8. The number of esters is 1. The molecule has 36 heavy (non-hydrogen) atoms. The van der Waals surface area contributed by atoms with Crippen LogP contribution in [0.25, 0.3) is 0 Å². The number of benzene rings is 2. The van der Waals surface area contributed by atoms with Crippen molar-refractivity contribution in [2.24, 2.45) is 0 Å². The first-order valence-corrected chi connectivity index (χ1v) is 13.5. The van der Waals surface area contributed by atoms with E-state index in [4.69, 9.17) is 13.8 Å². The Hall–Kier alpha value is -2.30. The number of nitrogens with one attached hydrogen (secondary N) is 1. The molecular formula is C25H35N2O8P. The molecule has 1 aliphatic heterocycles. The third-order valence-corrected chi connectivity index (χ3v) is 7.50. The van der Waals surface area contributed by atoms with Gasteiger partial charge < -0.3 is 24.6 Å². The minimum absolute atomic E-state index is 0.0524. The van der Waals surface area contributed by atoms with Gasteiger partial charge in [-0.2, -0.15) is 5.09 Å². The molecule has 3 rings (SSSR count). The molecule has 0 saturated carbocycles. The number of carbonyl (C=O) groups is 1. The van der Waals surface area contributed by atoms with Crippen molar-refractivity contribution in [2.75, 3.05) is 19.7 Å². The Balaban J connectivity index is 1.71. The fourth-order valence-corrected chi connectivity index (χ4v) is 5.44. The first-order chi connectivity index (χ1) is 17.2. The number of β-amino-alcohol motifs (C(OH)–C–C–N with tert-alkyl or cyclic N) is 1. The normalized spacial score (nSPS) is 25.0. The number of para-hydroxylation sites is 1. The van der Waals surface area contributed by atoms with E-state index in [0.29, 0.717) is 6.54 Å². The number of ether oxygens (including phenoxy) is 1. The minimum Gasteiger partial charge on any atom is -0.460 e. The van der Waals surface area contributed by atoms with Crippen LogP contribution < -0.4 is 9.61 Å². The van der Waals surface area contributed by atoms with Gasteiger partial charge in [0.05, 0.1) is 18.8 Å². The highest BCUT2D eigenvalue weighted by Crippen LogP contribution is 2.45. The molecule has 6 atom stereocenters. The number of aliphatic hydroxyl groups excluding tert-OH is 3. The van der Waals surface area contributed by atoms with Crippen LogP contribution in [-0.2, 0) is 25.2 Å². The molecular weight excluding hydrogens is 487 g/mol.